The number of anilines is 1. The summed E-state index contributed by atoms with van der Waals surface area (Å²) in [7, 11) is 1.81. The van der Waals surface area contributed by atoms with Gasteiger partial charge in [0, 0.05) is 48.5 Å². The predicted octanol–water partition coefficient (Wildman–Crippen LogP) is 2.62. The lowest BCUT2D eigenvalue weighted by atomic mass is 9.89. The molecule has 1 amide bonds. The van der Waals surface area contributed by atoms with Gasteiger partial charge >= 0.3 is 0 Å². The number of pyridine rings is 1. The molecule has 4 aromatic heterocycles. The summed E-state index contributed by atoms with van der Waals surface area (Å²) in [4.78, 5) is 22.3. The molecular formula is C22H25N7O2. The summed E-state index contributed by atoms with van der Waals surface area (Å²) in [6.45, 7) is 4.23. The van der Waals surface area contributed by atoms with E-state index >= 15 is 0 Å². The molecule has 0 radical (unpaired) electrons. The van der Waals surface area contributed by atoms with Crippen LogP contribution in [0.1, 0.15) is 43.1 Å². The van der Waals surface area contributed by atoms with Gasteiger partial charge in [-0.15, -0.1) is 0 Å². The Bertz CT molecular complexity index is 1280. The minimum atomic E-state index is -0.332. The topological polar surface area (TPSA) is 109 Å². The van der Waals surface area contributed by atoms with Gasteiger partial charge in [0.25, 0.3) is 5.91 Å². The van der Waals surface area contributed by atoms with E-state index in [1.807, 2.05) is 25.2 Å². The van der Waals surface area contributed by atoms with Gasteiger partial charge in [-0.3, -0.25) is 4.79 Å². The van der Waals surface area contributed by atoms with E-state index in [0.717, 1.165) is 28.1 Å². The molecule has 9 nitrogen and oxygen atoms in total. The molecule has 1 aliphatic carbocycles. The number of rotatable bonds is 5. The SMILES string of the molecule is CNc1cc(-c2cn(C(C)C)c3ncccc23)nc2c(C(=O)NC3CC(O)C3)cnn12. The van der Waals surface area contributed by atoms with Crippen LogP contribution in [0.3, 0.4) is 0 Å². The van der Waals surface area contributed by atoms with Crippen molar-refractivity contribution >= 4 is 28.4 Å². The molecule has 0 aromatic carbocycles. The maximum absolute atomic E-state index is 12.9. The van der Waals surface area contributed by atoms with Crippen molar-refractivity contribution in [3.05, 3.63) is 42.4 Å². The summed E-state index contributed by atoms with van der Waals surface area (Å²) in [6.07, 6.45) is 6.21. The van der Waals surface area contributed by atoms with Crippen LogP contribution >= 0.6 is 0 Å². The molecule has 0 saturated heterocycles. The number of nitrogens with one attached hydrogen (secondary N) is 2. The predicted molar refractivity (Wildman–Crippen MR) is 118 cm³/mol. The second-order valence-electron chi connectivity index (χ2n) is 8.28. The van der Waals surface area contributed by atoms with Gasteiger partial charge in [0.15, 0.2) is 5.65 Å². The van der Waals surface area contributed by atoms with Crippen LogP contribution < -0.4 is 10.6 Å². The molecule has 0 aliphatic heterocycles. The van der Waals surface area contributed by atoms with Gasteiger partial charge in [0.1, 0.15) is 17.0 Å². The highest BCUT2D eigenvalue weighted by molar-refractivity contribution is 6.01. The third-order valence-corrected chi connectivity index (χ3v) is 5.84. The number of carbonyl (C=O) groups is 1. The number of fused-ring (bicyclic) bond motifs is 2. The number of amides is 1. The average molecular weight is 419 g/mol. The quantitative estimate of drug-likeness (QED) is 0.459. The molecule has 1 saturated carbocycles. The summed E-state index contributed by atoms with van der Waals surface area (Å²) in [5.41, 5.74) is 3.47. The summed E-state index contributed by atoms with van der Waals surface area (Å²) < 4.78 is 3.76. The van der Waals surface area contributed by atoms with Crippen LogP contribution in [-0.4, -0.2) is 54.4 Å². The van der Waals surface area contributed by atoms with E-state index in [9.17, 15) is 9.90 Å². The Hall–Kier alpha value is -3.46. The van der Waals surface area contributed by atoms with Gasteiger partial charge < -0.3 is 20.3 Å². The van der Waals surface area contributed by atoms with Crippen molar-refractivity contribution in [2.75, 3.05) is 12.4 Å². The maximum Gasteiger partial charge on any atom is 0.256 e. The lowest BCUT2D eigenvalue weighted by molar-refractivity contribution is 0.0563. The van der Waals surface area contributed by atoms with Gasteiger partial charge in [-0.25, -0.2) is 9.97 Å². The largest absolute Gasteiger partial charge is 0.393 e. The molecule has 0 bridgehead atoms. The van der Waals surface area contributed by atoms with Gasteiger partial charge in [-0.05, 0) is 38.8 Å². The zero-order valence-electron chi connectivity index (χ0n) is 17.7. The van der Waals surface area contributed by atoms with Crippen molar-refractivity contribution in [1.29, 1.82) is 0 Å². The summed E-state index contributed by atoms with van der Waals surface area (Å²) >= 11 is 0. The minimum Gasteiger partial charge on any atom is -0.393 e. The number of aliphatic hydroxyl groups excluding tert-OH is 1. The van der Waals surface area contributed by atoms with Crippen LogP contribution in [0.4, 0.5) is 5.82 Å². The molecule has 160 valence electrons. The first-order valence-corrected chi connectivity index (χ1v) is 10.5. The molecule has 3 N–H and O–H groups in total. The molecule has 5 rings (SSSR count). The highest BCUT2D eigenvalue weighted by Gasteiger charge is 2.30. The average Bonchev–Trinajstić information content (AvgIpc) is 3.34. The Kier molecular flexibility index (Phi) is 4.62. The Balaban J connectivity index is 1.64. The van der Waals surface area contributed by atoms with E-state index in [-0.39, 0.29) is 24.1 Å². The normalized spacial score (nSPS) is 18.5. The van der Waals surface area contributed by atoms with Crippen LogP contribution in [0.25, 0.3) is 27.9 Å². The third kappa shape index (κ3) is 3.21. The van der Waals surface area contributed by atoms with Crippen LogP contribution in [0.15, 0.2) is 36.8 Å². The Morgan fingerprint density at radius 3 is 2.81 bits per heavy atom. The van der Waals surface area contributed by atoms with Crippen molar-refractivity contribution in [3.8, 4) is 11.3 Å². The lowest BCUT2D eigenvalue weighted by Gasteiger charge is -2.31. The zero-order valence-corrected chi connectivity index (χ0v) is 17.7. The molecule has 0 unspecified atom stereocenters. The highest BCUT2D eigenvalue weighted by Crippen LogP contribution is 2.32. The smallest absolute Gasteiger partial charge is 0.256 e. The first kappa shape index (κ1) is 19.5. The Morgan fingerprint density at radius 2 is 2.10 bits per heavy atom. The standard InChI is InChI=1S/C22H25N7O2/c1-12(2)28-11-17(15-5-4-6-24-20(15)28)18-9-19(23-3)29-21(27-18)16(10-25-29)22(31)26-13-7-14(30)8-13/h4-6,9-14,23,30H,7-8H2,1-3H3,(H,26,31). The van der Waals surface area contributed by atoms with Crippen LogP contribution in [-0.2, 0) is 0 Å². The fraction of sp³-hybridized carbons (Fsp3) is 0.364. The molecule has 4 aromatic rings. The van der Waals surface area contributed by atoms with Gasteiger partial charge in [0.05, 0.1) is 18.0 Å². The summed E-state index contributed by atoms with van der Waals surface area (Å²) in [5, 5.41) is 21.0. The van der Waals surface area contributed by atoms with Gasteiger partial charge in [-0.2, -0.15) is 9.61 Å². The molecular weight excluding hydrogens is 394 g/mol. The first-order valence-electron chi connectivity index (χ1n) is 10.5. The van der Waals surface area contributed by atoms with Crippen LogP contribution in [0.5, 0.6) is 0 Å². The van der Waals surface area contributed by atoms with E-state index < -0.39 is 0 Å². The van der Waals surface area contributed by atoms with Crippen LogP contribution in [0.2, 0.25) is 0 Å². The number of aliphatic hydroxyl groups is 1. The fourth-order valence-corrected chi connectivity index (χ4v) is 4.09. The summed E-state index contributed by atoms with van der Waals surface area (Å²) in [5.74, 6) is 0.498. The molecule has 0 spiro atoms. The van der Waals surface area contributed by atoms with Crippen molar-refractivity contribution < 1.29 is 9.90 Å². The minimum absolute atomic E-state index is 0.0144. The van der Waals surface area contributed by atoms with Gasteiger partial charge in [-0.1, -0.05) is 0 Å². The van der Waals surface area contributed by atoms with E-state index in [2.05, 4.69) is 45.3 Å². The lowest BCUT2D eigenvalue weighted by Crippen LogP contribution is -2.46. The second kappa shape index (κ2) is 7.35. The van der Waals surface area contributed by atoms with E-state index in [1.54, 1.807) is 10.7 Å². The van der Waals surface area contributed by atoms with E-state index in [0.29, 0.717) is 24.1 Å². The van der Waals surface area contributed by atoms with Crippen molar-refractivity contribution in [2.45, 2.75) is 44.9 Å². The second-order valence-corrected chi connectivity index (χ2v) is 8.28. The number of hydrogen-bond donors (Lipinski definition) is 3. The first-order chi connectivity index (χ1) is 15.0. The number of aromatic nitrogens is 5. The highest BCUT2D eigenvalue weighted by atomic mass is 16.3. The molecule has 0 atom stereocenters. The molecule has 31 heavy (non-hydrogen) atoms. The van der Waals surface area contributed by atoms with Crippen molar-refractivity contribution in [1.82, 2.24) is 29.5 Å². The maximum atomic E-state index is 12.9. The van der Waals surface area contributed by atoms with E-state index in [4.69, 9.17) is 4.98 Å². The fourth-order valence-electron chi connectivity index (χ4n) is 4.09. The zero-order chi connectivity index (χ0) is 21.7. The Morgan fingerprint density at radius 1 is 1.29 bits per heavy atom. The number of nitrogens with zero attached hydrogens (tertiary/aromatic N) is 5. The molecule has 4 heterocycles. The third-order valence-electron chi connectivity index (χ3n) is 5.84. The molecule has 1 aliphatic rings. The molecule has 9 heteroatoms. The number of hydrogen-bond acceptors (Lipinski definition) is 6. The van der Waals surface area contributed by atoms with Crippen molar-refractivity contribution in [3.63, 3.8) is 0 Å². The monoisotopic (exact) mass is 419 g/mol. The Labute approximate surface area is 179 Å². The van der Waals surface area contributed by atoms with Crippen LogP contribution in [0, 0.1) is 0 Å². The number of carbonyl (C=O) groups excluding carboxylic acids is 1. The molecule has 1 fully saturated rings. The summed E-state index contributed by atoms with van der Waals surface area (Å²) in [6, 6.07) is 6.11. The van der Waals surface area contributed by atoms with E-state index in [1.165, 1.54) is 6.20 Å². The van der Waals surface area contributed by atoms with Gasteiger partial charge in [0.2, 0.25) is 0 Å². The van der Waals surface area contributed by atoms with Crippen molar-refractivity contribution in [2.24, 2.45) is 0 Å².